The molecular weight excluding hydrogens is 605 g/mol. The Morgan fingerprint density at radius 1 is 0.720 bits per heavy atom. The molecule has 0 amide bonds. The van der Waals surface area contributed by atoms with Crippen molar-refractivity contribution in [2.45, 2.75) is 51.0 Å². The van der Waals surface area contributed by atoms with Gasteiger partial charge in [-0.05, 0) is 102 Å². The molecule has 0 saturated carbocycles. The number of hydrogen-bond donors (Lipinski definition) is 0. The molecule has 0 saturated heterocycles. The molecule has 3 aliphatic rings. The van der Waals surface area contributed by atoms with Gasteiger partial charge in [0.1, 0.15) is 0 Å². The molecule has 0 bridgehead atoms. The average Bonchev–Trinajstić information content (AvgIpc) is 3.63. The van der Waals surface area contributed by atoms with Crippen molar-refractivity contribution in [2.24, 2.45) is 0 Å². The number of nitrogens with zero attached hydrogens (tertiary/aromatic N) is 2. The largest absolute Gasteiger partial charge is 0.334 e. The van der Waals surface area contributed by atoms with Crippen molar-refractivity contribution in [3.05, 3.63) is 192 Å². The first-order valence-electron chi connectivity index (χ1n) is 18.0. The minimum atomic E-state index is -0.102. The molecule has 0 fully saturated rings. The fourth-order valence-electron chi connectivity index (χ4n) is 8.61. The van der Waals surface area contributed by atoms with Crippen LogP contribution in [-0.2, 0) is 5.41 Å². The summed E-state index contributed by atoms with van der Waals surface area (Å²) < 4.78 is 2.50. The maximum absolute atomic E-state index is 2.50. The molecule has 5 aromatic carbocycles. The molecule has 3 aliphatic carbocycles. The lowest BCUT2D eigenvalue weighted by Crippen LogP contribution is -2.30. The van der Waals surface area contributed by atoms with Crippen molar-refractivity contribution >= 4 is 27.9 Å². The number of hydrogen-bond acceptors (Lipinski definition) is 1. The number of aryl methyl sites for hydroxylation is 1. The molecule has 0 N–H and O–H groups in total. The van der Waals surface area contributed by atoms with E-state index >= 15 is 0 Å². The Kier molecular flexibility index (Phi) is 7.35. The fraction of sp³-hybridized carbons (Fsp3) is 0.167. The fourth-order valence-corrected chi connectivity index (χ4v) is 8.61. The normalized spacial score (nSPS) is 18.6. The Labute approximate surface area is 296 Å². The number of allylic oxidation sites excluding steroid dienone is 6. The quantitative estimate of drug-likeness (QED) is 0.175. The second-order valence-electron chi connectivity index (χ2n) is 14.6. The van der Waals surface area contributed by atoms with Gasteiger partial charge >= 0.3 is 0 Å². The second-order valence-corrected chi connectivity index (χ2v) is 14.6. The number of aromatic nitrogens is 1. The standard InChI is InChI=1S/C48H42N2/c1-33-13-12-18-41(31-33)50-45-30-25-37(32-43(45)46-47(50)42-19-10-11-20-44(42)48(46,2)3)36-23-28-40(29-24-36)49(38-16-8-5-9-17-38)39-26-21-35(22-27-39)34-14-6-4-7-15-34/h4-14,16-28,30-32,34,40H,15,29H2,1-3H3. The zero-order chi connectivity index (χ0) is 33.8. The van der Waals surface area contributed by atoms with Crippen LogP contribution in [0.25, 0.3) is 33.4 Å². The third-order valence-electron chi connectivity index (χ3n) is 11.1. The number of benzene rings is 5. The molecule has 0 spiro atoms. The first-order chi connectivity index (χ1) is 24.5. The van der Waals surface area contributed by atoms with E-state index in [1.807, 2.05) is 0 Å². The topological polar surface area (TPSA) is 8.17 Å². The van der Waals surface area contributed by atoms with Crippen LogP contribution in [0.5, 0.6) is 0 Å². The van der Waals surface area contributed by atoms with Gasteiger partial charge in [0.2, 0.25) is 0 Å². The van der Waals surface area contributed by atoms with Gasteiger partial charge in [0.25, 0.3) is 0 Å². The molecule has 2 unspecified atom stereocenters. The molecule has 0 radical (unpaired) electrons. The van der Waals surface area contributed by atoms with E-state index in [2.05, 4.69) is 194 Å². The zero-order valence-corrected chi connectivity index (χ0v) is 29.1. The monoisotopic (exact) mass is 646 g/mol. The Balaban J connectivity index is 1.08. The van der Waals surface area contributed by atoms with Crippen molar-refractivity contribution in [3.8, 4) is 16.9 Å². The smallest absolute Gasteiger partial charge is 0.0584 e. The first-order valence-corrected chi connectivity index (χ1v) is 18.0. The number of fused-ring (bicyclic) bond motifs is 5. The molecule has 1 aromatic heterocycles. The lowest BCUT2D eigenvalue weighted by atomic mass is 9.81. The molecule has 244 valence electrons. The van der Waals surface area contributed by atoms with Gasteiger partial charge in [-0.15, -0.1) is 0 Å². The number of para-hydroxylation sites is 1. The van der Waals surface area contributed by atoms with Crippen LogP contribution in [0.2, 0.25) is 0 Å². The highest BCUT2D eigenvalue weighted by molar-refractivity contribution is 6.01. The van der Waals surface area contributed by atoms with Crippen LogP contribution in [0.4, 0.5) is 11.4 Å². The Bertz CT molecular complexity index is 2360. The van der Waals surface area contributed by atoms with E-state index in [-0.39, 0.29) is 11.5 Å². The minimum Gasteiger partial charge on any atom is -0.334 e. The van der Waals surface area contributed by atoms with Gasteiger partial charge < -0.3 is 9.47 Å². The highest BCUT2D eigenvalue weighted by atomic mass is 15.2. The molecular formula is C48H42N2. The SMILES string of the molecule is Cc1cccc(-n2c3c(c4cc(C5=CCC(N(c6ccccc6)c6ccc(C7C=CC=CC7)cc6)C=C5)ccc42)C(C)(C)c2ccccc2-3)c1. The summed E-state index contributed by atoms with van der Waals surface area (Å²) in [4.78, 5) is 2.49. The summed E-state index contributed by atoms with van der Waals surface area (Å²) >= 11 is 0. The molecule has 2 heteroatoms. The average molecular weight is 647 g/mol. The van der Waals surface area contributed by atoms with Gasteiger partial charge in [-0.3, -0.25) is 0 Å². The van der Waals surface area contributed by atoms with E-state index in [0.717, 1.165) is 12.8 Å². The predicted molar refractivity (Wildman–Crippen MR) is 212 cm³/mol. The van der Waals surface area contributed by atoms with E-state index in [1.54, 1.807) is 0 Å². The minimum absolute atomic E-state index is 0.102. The van der Waals surface area contributed by atoms with Gasteiger partial charge in [-0.1, -0.05) is 129 Å². The van der Waals surface area contributed by atoms with Crippen LogP contribution >= 0.6 is 0 Å². The van der Waals surface area contributed by atoms with Crippen LogP contribution in [-0.4, -0.2) is 10.6 Å². The molecule has 2 atom stereocenters. The summed E-state index contributed by atoms with van der Waals surface area (Å²) in [6, 6.07) is 45.3. The van der Waals surface area contributed by atoms with Crippen molar-refractivity contribution in [3.63, 3.8) is 0 Å². The summed E-state index contributed by atoms with van der Waals surface area (Å²) in [6.45, 7) is 6.96. The molecule has 2 nitrogen and oxygen atoms in total. The summed E-state index contributed by atoms with van der Waals surface area (Å²) in [5.41, 5.74) is 15.5. The van der Waals surface area contributed by atoms with Gasteiger partial charge in [0, 0.05) is 39.3 Å². The third-order valence-corrected chi connectivity index (χ3v) is 11.1. The molecule has 9 rings (SSSR count). The van der Waals surface area contributed by atoms with Crippen LogP contribution < -0.4 is 4.90 Å². The molecule has 1 heterocycles. The first kappa shape index (κ1) is 30.5. The molecule has 6 aromatic rings. The van der Waals surface area contributed by atoms with Crippen molar-refractivity contribution in [2.75, 3.05) is 4.90 Å². The maximum atomic E-state index is 2.50. The van der Waals surface area contributed by atoms with E-state index in [1.165, 1.54) is 72.6 Å². The highest BCUT2D eigenvalue weighted by Crippen LogP contribution is 2.54. The Morgan fingerprint density at radius 3 is 2.28 bits per heavy atom. The summed E-state index contributed by atoms with van der Waals surface area (Å²) in [5, 5.41) is 1.34. The Morgan fingerprint density at radius 2 is 1.52 bits per heavy atom. The Hall–Kier alpha value is -5.60. The summed E-state index contributed by atoms with van der Waals surface area (Å²) in [7, 11) is 0. The van der Waals surface area contributed by atoms with E-state index in [4.69, 9.17) is 0 Å². The maximum Gasteiger partial charge on any atom is 0.0584 e. The van der Waals surface area contributed by atoms with Crippen LogP contribution in [0, 0.1) is 6.92 Å². The molecule has 0 aliphatic heterocycles. The van der Waals surface area contributed by atoms with Crippen molar-refractivity contribution in [1.29, 1.82) is 0 Å². The van der Waals surface area contributed by atoms with Gasteiger partial charge in [-0.25, -0.2) is 0 Å². The van der Waals surface area contributed by atoms with Crippen LogP contribution in [0.3, 0.4) is 0 Å². The number of rotatable bonds is 6. The molecule has 50 heavy (non-hydrogen) atoms. The van der Waals surface area contributed by atoms with Gasteiger partial charge in [0.15, 0.2) is 0 Å². The van der Waals surface area contributed by atoms with E-state index < -0.39 is 0 Å². The second kappa shape index (κ2) is 12.1. The third kappa shape index (κ3) is 5.01. The zero-order valence-electron chi connectivity index (χ0n) is 29.1. The van der Waals surface area contributed by atoms with E-state index in [0.29, 0.717) is 5.92 Å². The van der Waals surface area contributed by atoms with Gasteiger partial charge in [0.05, 0.1) is 17.3 Å². The lowest BCUT2D eigenvalue weighted by Gasteiger charge is -2.33. The summed E-state index contributed by atoms with van der Waals surface area (Å²) in [5.74, 6) is 0.450. The number of anilines is 2. The van der Waals surface area contributed by atoms with Crippen LogP contribution in [0.1, 0.15) is 60.4 Å². The summed E-state index contributed by atoms with van der Waals surface area (Å²) in [6.07, 6.45) is 18.0. The van der Waals surface area contributed by atoms with E-state index in [9.17, 15) is 0 Å². The predicted octanol–water partition coefficient (Wildman–Crippen LogP) is 12.4. The van der Waals surface area contributed by atoms with Crippen molar-refractivity contribution < 1.29 is 0 Å². The highest BCUT2D eigenvalue weighted by Gasteiger charge is 2.40. The van der Waals surface area contributed by atoms with Gasteiger partial charge in [-0.2, -0.15) is 0 Å². The lowest BCUT2D eigenvalue weighted by molar-refractivity contribution is 0.666. The van der Waals surface area contributed by atoms with Crippen LogP contribution in [0.15, 0.2) is 164 Å². The van der Waals surface area contributed by atoms with Crippen molar-refractivity contribution in [1.82, 2.24) is 4.57 Å².